The van der Waals surface area contributed by atoms with Crippen LogP contribution in [-0.4, -0.2) is 115 Å². The Morgan fingerprint density at radius 3 is 1.68 bits per heavy atom. The van der Waals surface area contributed by atoms with E-state index >= 15 is 0 Å². The summed E-state index contributed by atoms with van der Waals surface area (Å²) in [6, 6.07) is 10.9. The van der Waals surface area contributed by atoms with Crippen LogP contribution in [0, 0.1) is 16.2 Å². The lowest BCUT2D eigenvalue weighted by Gasteiger charge is -2.45. The van der Waals surface area contributed by atoms with Crippen LogP contribution in [0.25, 0.3) is 0 Å². The van der Waals surface area contributed by atoms with Gasteiger partial charge in [0.1, 0.15) is 34.7 Å². The zero-order valence-electron chi connectivity index (χ0n) is 43.6. The molecule has 3 saturated carbocycles. The molecule has 2 amide bonds. The first-order valence-corrected chi connectivity index (χ1v) is 26.5. The number of benzene rings is 2. The van der Waals surface area contributed by atoms with Gasteiger partial charge in [-0.25, -0.2) is 9.59 Å². The summed E-state index contributed by atoms with van der Waals surface area (Å²) in [7, 11) is 0. The highest BCUT2D eigenvalue weighted by Crippen LogP contribution is 2.50. The van der Waals surface area contributed by atoms with Crippen molar-refractivity contribution in [1.82, 2.24) is 14.7 Å². The number of carbonyl (C=O) groups is 4. The first-order valence-electron chi connectivity index (χ1n) is 25.7. The van der Waals surface area contributed by atoms with Gasteiger partial charge < -0.3 is 33.5 Å². The summed E-state index contributed by atoms with van der Waals surface area (Å²) >= 11 is 12.2. The van der Waals surface area contributed by atoms with E-state index in [1.165, 1.54) is 76.2 Å². The van der Waals surface area contributed by atoms with Gasteiger partial charge in [0.05, 0.1) is 18.8 Å². The lowest BCUT2D eigenvalue weighted by atomic mass is 9.77. The number of hydrogen-bond donors (Lipinski definition) is 0. The number of hydrogen-bond acceptors (Lipinski definition) is 12. The Hall–Kier alpha value is -4.36. The molecule has 394 valence electrons. The number of aldehydes is 1. The van der Waals surface area contributed by atoms with E-state index in [1.54, 1.807) is 25.1 Å². The Kier molecular flexibility index (Phi) is 20.3. The molecule has 8 rings (SSSR count). The van der Waals surface area contributed by atoms with Crippen molar-refractivity contribution >= 4 is 53.8 Å². The van der Waals surface area contributed by atoms with E-state index in [0.717, 1.165) is 82.3 Å². The molecule has 6 fully saturated rings. The van der Waals surface area contributed by atoms with Crippen molar-refractivity contribution in [1.29, 1.82) is 0 Å². The second-order valence-electron chi connectivity index (χ2n) is 22.5. The number of esters is 1. The van der Waals surface area contributed by atoms with Gasteiger partial charge in [0, 0.05) is 59.3 Å². The predicted octanol–water partition coefficient (Wildman–Crippen LogP) is 12.1. The maximum atomic E-state index is 12.5. The van der Waals surface area contributed by atoms with Crippen LogP contribution in [0.1, 0.15) is 168 Å². The van der Waals surface area contributed by atoms with Gasteiger partial charge in [0.25, 0.3) is 0 Å². The van der Waals surface area contributed by atoms with Crippen molar-refractivity contribution in [2.75, 3.05) is 52.5 Å². The van der Waals surface area contributed by atoms with Crippen LogP contribution in [0.4, 0.5) is 9.59 Å². The molecule has 0 atom stereocenters. The molecule has 3 aliphatic carbocycles. The third-order valence-corrected chi connectivity index (χ3v) is 15.5. The molecule has 0 aromatic heterocycles. The summed E-state index contributed by atoms with van der Waals surface area (Å²) < 4.78 is 28.0. The Morgan fingerprint density at radius 1 is 0.662 bits per heavy atom. The van der Waals surface area contributed by atoms with E-state index in [9.17, 15) is 19.2 Å². The number of nitrogens with zero attached hydrogens (tertiary/aromatic N) is 3. The van der Waals surface area contributed by atoms with Gasteiger partial charge >= 0.3 is 24.3 Å². The molecular formula is C55H79Cl2N3O11. The molecule has 2 aromatic carbocycles. The molecule has 0 N–H and O–H groups in total. The van der Waals surface area contributed by atoms with E-state index in [-0.39, 0.29) is 42.1 Å². The topological polar surface area (TPSA) is 158 Å². The van der Waals surface area contributed by atoms with E-state index in [2.05, 4.69) is 17.9 Å². The average Bonchev–Trinajstić information content (AvgIpc) is 4.21. The number of piperidine rings is 2. The second kappa shape index (κ2) is 25.0. The monoisotopic (exact) mass is 1030 g/mol. The Labute approximate surface area is 432 Å². The quantitative estimate of drug-likeness (QED) is 0.113. The van der Waals surface area contributed by atoms with Gasteiger partial charge in [0.15, 0.2) is 6.29 Å². The molecular weight excluding hydrogens is 950 g/mol. The number of rotatable bonds is 12. The zero-order valence-corrected chi connectivity index (χ0v) is 45.1. The van der Waals surface area contributed by atoms with Crippen LogP contribution in [0.2, 0.25) is 10.0 Å². The average molecular weight is 1030 g/mol. The molecule has 71 heavy (non-hydrogen) atoms. The van der Waals surface area contributed by atoms with Crippen molar-refractivity contribution in [3.05, 3.63) is 57.6 Å². The van der Waals surface area contributed by atoms with Gasteiger partial charge in [0.2, 0.25) is 0 Å². The van der Waals surface area contributed by atoms with Gasteiger partial charge in [-0.1, -0.05) is 49.0 Å². The molecule has 14 nitrogen and oxygen atoms in total. The summed E-state index contributed by atoms with van der Waals surface area (Å²) in [4.78, 5) is 69.7. The van der Waals surface area contributed by atoms with E-state index in [4.69, 9.17) is 56.5 Å². The fraction of sp³-hybridized carbons (Fsp3) is 0.691. The van der Waals surface area contributed by atoms with Crippen molar-refractivity contribution in [3.8, 4) is 11.5 Å². The molecule has 3 saturated heterocycles. The third-order valence-electron chi connectivity index (χ3n) is 15.0. The third kappa shape index (κ3) is 16.8. The summed E-state index contributed by atoms with van der Waals surface area (Å²) in [5.41, 5.74) is 1.38. The summed E-state index contributed by atoms with van der Waals surface area (Å²) in [5, 5.41) is 1.22. The molecule has 3 aliphatic heterocycles. The highest BCUT2D eigenvalue weighted by Gasteiger charge is 2.52. The molecule has 0 radical (unpaired) electrons. The molecule has 6 aliphatic rings. The maximum absolute atomic E-state index is 12.5. The SMILES string of the molecule is CC(C)(C)OC(=O)N1CCC2(CCCC2)CC1.CCC1(COc2cc(Cl)ccc2CN2CCCC23CCN(C(=O)OC(C)(C)C)CC3)CC1.CCOC(=O)C1(COc2cc(Cl)ccc2C=O)CC1.O=C=O. The molecule has 0 unspecified atom stereocenters. The first kappa shape index (κ1) is 57.5. The van der Waals surface area contributed by atoms with Crippen LogP contribution in [0.3, 0.4) is 0 Å². The molecule has 2 aromatic rings. The van der Waals surface area contributed by atoms with Crippen molar-refractivity contribution in [3.63, 3.8) is 0 Å². The number of amides is 2. The van der Waals surface area contributed by atoms with Crippen LogP contribution in [0.5, 0.6) is 11.5 Å². The first-order chi connectivity index (χ1) is 33.6. The van der Waals surface area contributed by atoms with E-state index in [0.29, 0.717) is 40.1 Å². The van der Waals surface area contributed by atoms with Crippen molar-refractivity contribution < 1.29 is 52.5 Å². The largest absolute Gasteiger partial charge is 0.493 e. The van der Waals surface area contributed by atoms with Gasteiger partial charge in [-0.3, -0.25) is 14.5 Å². The Morgan fingerprint density at radius 2 is 1.18 bits per heavy atom. The second-order valence-corrected chi connectivity index (χ2v) is 23.3. The zero-order chi connectivity index (χ0) is 52.1. The standard InChI is InChI=1S/C26H39ClN2O3.C14H15ClO4.C14H25NO2.CO2/c1-5-25(10-11-25)19-31-22-17-21(27)8-7-20(22)18-29-14-6-9-26(29)12-15-28(16-13-26)23(30)32-24(2,3)4;1-2-18-13(17)14(5-6-14)9-19-12-7-11(15)4-3-10(12)8-16;1-13(2,3)17-12(16)15-10-8-14(9-11-15)6-4-5-7-14;2-1-3/h7-8,17H,5-6,9-16,18-19H2,1-4H3;3-4,7-8H,2,5-6,9H2,1H3;4-11H2,1-3H3;. The highest BCUT2D eigenvalue weighted by atomic mass is 35.5. The molecule has 2 spiro atoms. The number of carbonyl (C=O) groups excluding carboxylic acids is 6. The predicted molar refractivity (Wildman–Crippen MR) is 272 cm³/mol. The normalized spacial score (nSPS) is 20.1. The Balaban J connectivity index is 0.000000206. The highest BCUT2D eigenvalue weighted by molar-refractivity contribution is 6.31. The lowest BCUT2D eigenvalue weighted by Crippen LogP contribution is -2.53. The number of ether oxygens (including phenoxy) is 5. The smallest absolute Gasteiger partial charge is 0.410 e. The lowest BCUT2D eigenvalue weighted by molar-refractivity contribution is -0.191. The van der Waals surface area contributed by atoms with Gasteiger partial charge in [-0.2, -0.15) is 9.59 Å². The Bertz CT molecular complexity index is 2130. The summed E-state index contributed by atoms with van der Waals surface area (Å²) in [5.74, 6) is 1.10. The van der Waals surface area contributed by atoms with Gasteiger partial charge in [-0.15, -0.1) is 0 Å². The van der Waals surface area contributed by atoms with E-state index in [1.807, 2.05) is 63.5 Å². The maximum Gasteiger partial charge on any atom is 0.410 e. The summed E-state index contributed by atoms with van der Waals surface area (Å²) in [6.45, 7) is 22.2. The molecule has 16 heteroatoms. The number of halogens is 2. The van der Waals surface area contributed by atoms with E-state index < -0.39 is 11.0 Å². The van der Waals surface area contributed by atoms with Crippen molar-refractivity contribution in [2.24, 2.45) is 16.2 Å². The van der Waals surface area contributed by atoms with Crippen LogP contribution in [0.15, 0.2) is 36.4 Å². The minimum Gasteiger partial charge on any atom is -0.493 e. The van der Waals surface area contributed by atoms with Gasteiger partial charge in [-0.05, 0) is 174 Å². The van der Waals surface area contributed by atoms with Crippen molar-refractivity contribution in [2.45, 2.75) is 175 Å². The fourth-order valence-corrected chi connectivity index (χ4v) is 10.5. The van der Waals surface area contributed by atoms with Crippen LogP contribution < -0.4 is 9.47 Å². The summed E-state index contributed by atoms with van der Waals surface area (Å²) in [6.07, 6.45) is 18.1. The minimum absolute atomic E-state index is 0.134. The molecule has 0 bridgehead atoms. The molecule has 3 heterocycles. The fourth-order valence-electron chi connectivity index (χ4n) is 10.1. The van der Waals surface area contributed by atoms with Crippen LogP contribution >= 0.6 is 23.2 Å². The van der Waals surface area contributed by atoms with Crippen LogP contribution in [-0.2, 0) is 35.1 Å². The number of likely N-dealkylation sites (tertiary alicyclic amines) is 3. The minimum atomic E-state index is -0.543.